The Balaban J connectivity index is 1.85. The van der Waals surface area contributed by atoms with Gasteiger partial charge in [-0.15, -0.1) is 0 Å². The first-order valence-electron chi connectivity index (χ1n) is 5.89. The third-order valence-electron chi connectivity index (χ3n) is 2.77. The maximum atomic E-state index is 11.7. The van der Waals surface area contributed by atoms with Crippen molar-refractivity contribution < 1.29 is 14.3 Å². The molecule has 2 N–H and O–H groups in total. The second kappa shape index (κ2) is 5.64. The number of benzene rings is 1. The molecule has 1 aromatic rings. The van der Waals surface area contributed by atoms with Crippen LogP contribution in [0.4, 0.5) is 0 Å². The van der Waals surface area contributed by atoms with Gasteiger partial charge in [-0.2, -0.15) is 0 Å². The van der Waals surface area contributed by atoms with Crippen LogP contribution in [0.25, 0.3) is 0 Å². The fraction of sp³-hybridized carbons (Fsp3) is 0.385. The van der Waals surface area contributed by atoms with Crippen molar-refractivity contribution in [1.29, 1.82) is 0 Å². The van der Waals surface area contributed by atoms with E-state index in [9.17, 15) is 9.59 Å². The van der Waals surface area contributed by atoms with Crippen LogP contribution in [0.5, 0.6) is 0 Å². The predicted octanol–water partition coefficient (Wildman–Crippen LogP) is 1.00. The predicted molar refractivity (Wildman–Crippen MR) is 65.5 cm³/mol. The highest BCUT2D eigenvalue weighted by Crippen LogP contribution is 2.28. The van der Waals surface area contributed by atoms with Crippen LogP contribution in [-0.4, -0.2) is 18.9 Å². The summed E-state index contributed by atoms with van der Waals surface area (Å²) >= 11 is 0. The van der Waals surface area contributed by atoms with Crippen molar-refractivity contribution in [2.45, 2.75) is 19.4 Å². The molecule has 0 atom stereocenters. The van der Waals surface area contributed by atoms with Crippen molar-refractivity contribution in [3.8, 4) is 0 Å². The number of rotatable bonds is 4. The van der Waals surface area contributed by atoms with Gasteiger partial charge >= 0.3 is 0 Å². The van der Waals surface area contributed by atoms with Crippen LogP contribution in [-0.2, 0) is 16.1 Å². The molecule has 1 saturated carbocycles. The molecular formula is C13H16N2O3. The lowest BCUT2D eigenvalue weighted by molar-refractivity contribution is -0.123. The lowest BCUT2D eigenvalue weighted by Crippen LogP contribution is -2.42. The fourth-order valence-electron chi connectivity index (χ4n) is 1.56. The molecule has 0 unspecified atom stereocenters. The molecule has 18 heavy (non-hydrogen) atoms. The largest absolute Gasteiger partial charge is 0.380 e. The minimum Gasteiger partial charge on any atom is -0.380 e. The average molecular weight is 248 g/mol. The van der Waals surface area contributed by atoms with Gasteiger partial charge in [-0.1, -0.05) is 12.1 Å². The molecule has 1 aromatic carbocycles. The molecule has 0 heterocycles. The van der Waals surface area contributed by atoms with Gasteiger partial charge in [0.2, 0.25) is 5.91 Å². The van der Waals surface area contributed by atoms with E-state index >= 15 is 0 Å². The topological polar surface area (TPSA) is 67.4 Å². The summed E-state index contributed by atoms with van der Waals surface area (Å²) in [4.78, 5) is 23.0. The monoisotopic (exact) mass is 248 g/mol. The third kappa shape index (κ3) is 3.30. The Morgan fingerprint density at radius 1 is 1.22 bits per heavy atom. The highest BCUT2D eigenvalue weighted by molar-refractivity contribution is 5.95. The molecule has 0 bridgehead atoms. The molecule has 0 aliphatic heterocycles. The molecule has 1 aliphatic carbocycles. The molecule has 96 valence electrons. The average Bonchev–Trinajstić information content (AvgIpc) is 3.21. The van der Waals surface area contributed by atoms with Gasteiger partial charge in [-0.05, 0) is 30.5 Å². The number of hydrazine groups is 1. The number of carbonyl (C=O) groups is 2. The normalized spacial score (nSPS) is 14.1. The van der Waals surface area contributed by atoms with Crippen molar-refractivity contribution >= 4 is 11.8 Å². The number of hydrogen-bond acceptors (Lipinski definition) is 3. The van der Waals surface area contributed by atoms with Crippen molar-refractivity contribution in [3.63, 3.8) is 0 Å². The van der Waals surface area contributed by atoms with E-state index in [-0.39, 0.29) is 17.7 Å². The zero-order valence-electron chi connectivity index (χ0n) is 10.2. The molecular weight excluding hydrogens is 232 g/mol. The number of carbonyl (C=O) groups excluding carboxylic acids is 2. The summed E-state index contributed by atoms with van der Waals surface area (Å²) in [5, 5.41) is 0. The van der Waals surface area contributed by atoms with E-state index in [4.69, 9.17) is 4.74 Å². The van der Waals surface area contributed by atoms with E-state index < -0.39 is 0 Å². The quantitative estimate of drug-likeness (QED) is 0.781. The Kier molecular flexibility index (Phi) is 3.94. The molecule has 0 aromatic heterocycles. The maximum Gasteiger partial charge on any atom is 0.269 e. The van der Waals surface area contributed by atoms with Crippen molar-refractivity contribution in [2.24, 2.45) is 5.92 Å². The summed E-state index contributed by atoms with van der Waals surface area (Å²) in [6.07, 6.45) is 1.82. The first-order chi connectivity index (χ1) is 8.70. The molecule has 5 heteroatoms. The smallest absolute Gasteiger partial charge is 0.269 e. The highest BCUT2D eigenvalue weighted by atomic mass is 16.5. The fourth-order valence-corrected chi connectivity index (χ4v) is 1.56. The number of methoxy groups -OCH3 is 1. The molecule has 0 radical (unpaired) electrons. The van der Waals surface area contributed by atoms with E-state index in [1.54, 1.807) is 19.2 Å². The van der Waals surface area contributed by atoms with E-state index in [2.05, 4.69) is 10.9 Å². The summed E-state index contributed by atoms with van der Waals surface area (Å²) in [6, 6.07) is 7.04. The minimum absolute atomic E-state index is 0.0781. The van der Waals surface area contributed by atoms with Crippen molar-refractivity contribution in [2.75, 3.05) is 7.11 Å². The van der Waals surface area contributed by atoms with E-state index in [1.165, 1.54) is 0 Å². The lowest BCUT2D eigenvalue weighted by Gasteiger charge is -2.07. The number of ether oxygens (including phenoxy) is 1. The van der Waals surface area contributed by atoms with Gasteiger partial charge in [-0.25, -0.2) is 0 Å². The third-order valence-corrected chi connectivity index (χ3v) is 2.77. The van der Waals surface area contributed by atoms with Crippen LogP contribution in [0.3, 0.4) is 0 Å². The molecule has 1 fully saturated rings. The van der Waals surface area contributed by atoms with Crippen molar-refractivity contribution in [3.05, 3.63) is 35.4 Å². The Hall–Kier alpha value is -1.88. The first kappa shape index (κ1) is 12.6. The minimum atomic E-state index is -0.312. The van der Waals surface area contributed by atoms with Gasteiger partial charge in [0.1, 0.15) is 0 Å². The summed E-state index contributed by atoms with van der Waals surface area (Å²) < 4.78 is 4.98. The molecule has 1 aliphatic rings. The Morgan fingerprint density at radius 2 is 1.89 bits per heavy atom. The van der Waals surface area contributed by atoms with E-state index in [0.717, 1.165) is 18.4 Å². The zero-order valence-corrected chi connectivity index (χ0v) is 10.2. The summed E-state index contributed by atoms with van der Waals surface area (Å²) in [5.74, 6) is -0.346. The zero-order chi connectivity index (χ0) is 13.0. The van der Waals surface area contributed by atoms with E-state index in [0.29, 0.717) is 12.2 Å². The first-order valence-corrected chi connectivity index (χ1v) is 5.89. The summed E-state index contributed by atoms with van der Waals surface area (Å²) in [5.41, 5.74) is 6.32. The van der Waals surface area contributed by atoms with E-state index in [1.807, 2.05) is 12.1 Å². The summed E-state index contributed by atoms with van der Waals surface area (Å²) in [7, 11) is 1.62. The van der Waals surface area contributed by atoms with Crippen LogP contribution in [0.1, 0.15) is 28.8 Å². The SMILES string of the molecule is COCc1ccc(C(=O)NNC(=O)C2CC2)cc1. The number of amides is 2. The number of nitrogens with one attached hydrogen (secondary N) is 2. The van der Waals surface area contributed by atoms with Crippen LogP contribution in [0, 0.1) is 5.92 Å². The number of hydrogen-bond donors (Lipinski definition) is 2. The maximum absolute atomic E-state index is 11.7. The van der Waals surface area contributed by atoms with Gasteiger partial charge < -0.3 is 4.74 Å². The van der Waals surface area contributed by atoms with Gasteiger partial charge in [0.05, 0.1) is 6.61 Å². The van der Waals surface area contributed by atoms with Crippen LogP contribution >= 0.6 is 0 Å². The van der Waals surface area contributed by atoms with Crippen molar-refractivity contribution in [1.82, 2.24) is 10.9 Å². The highest BCUT2D eigenvalue weighted by Gasteiger charge is 2.29. The van der Waals surface area contributed by atoms with Crippen LogP contribution < -0.4 is 10.9 Å². The Labute approximate surface area is 105 Å². The second-order valence-electron chi connectivity index (χ2n) is 4.35. The summed E-state index contributed by atoms with van der Waals surface area (Å²) in [6.45, 7) is 0.514. The second-order valence-corrected chi connectivity index (χ2v) is 4.35. The van der Waals surface area contributed by atoms with Gasteiger partial charge in [0.15, 0.2) is 0 Å². The lowest BCUT2D eigenvalue weighted by atomic mass is 10.1. The Bertz CT molecular complexity index is 438. The van der Waals surface area contributed by atoms with Crippen LogP contribution in [0.2, 0.25) is 0 Å². The standard InChI is InChI=1S/C13H16N2O3/c1-18-8-9-2-4-10(5-3-9)12(16)14-15-13(17)11-6-7-11/h2-5,11H,6-8H2,1H3,(H,14,16)(H,15,17). The Morgan fingerprint density at radius 3 is 2.44 bits per heavy atom. The molecule has 2 amide bonds. The van der Waals surface area contributed by atoms with Gasteiger partial charge in [-0.3, -0.25) is 20.4 Å². The van der Waals surface area contributed by atoms with Gasteiger partial charge in [0, 0.05) is 18.6 Å². The molecule has 5 nitrogen and oxygen atoms in total. The van der Waals surface area contributed by atoms with Crippen LogP contribution in [0.15, 0.2) is 24.3 Å². The van der Waals surface area contributed by atoms with Gasteiger partial charge in [0.25, 0.3) is 5.91 Å². The molecule has 0 spiro atoms. The molecule has 2 rings (SSSR count). The molecule has 0 saturated heterocycles.